The van der Waals surface area contributed by atoms with Crippen molar-refractivity contribution in [1.29, 1.82) is 0 Å². The SMILES string of the molecule is CN(C)c1ccc(/C=C/C(=O)NCc2ncn[nH]2)cc1. The van der Waals surface area contributed by atoms with Crippen LogP contribution in [0.4, 0.5) is 5.69 Å². The number of anilines is 1. The first-order valence-electron chi connectivity index (χ1n) is 6.22. The summed E-state index contributed by atoms with van der Waals surface area (Å²) in [7, 11) is 3.98. The van der Waals surface area contributed by atoms with Gasteiger partial charge in [0.15, 0.2) is 0 Å². The van der Waals surface area contributed by atoms with E-state index in [1.165, 1.54) is 12.4 Å². The Kier molecular flexibility index (Phi) is 4.49. The van der Waals surface area contributed by atoms with Gasteiger partial charge in [-0.2, -0.15) is 5.10 Å². The number of hydrogen-bond donors (Lipinski definition) is 2. The number of hydrogen-bond acceptors (Lipinski definition) is 4. The minimum atomic E-state index is -0.168. The zero-order chi connectivity index (χ0) is 14.4. The van der Waals surface area contributed by atoms with E-state index in [1.807, 2.05) is 43.3 Å². The number of benzene rings is 1. The van der Waals surface area contributed by atoms with Gasteiger partial charge in [0.1, 0.15) is 12.2 Å². The molecule has 2 N–H and O–H groups in total. The fourth-order valence-electron chi connectivity index (χ4n) is 1.60. The van der Waals surface area contributed by atoms with E-state index in [0.29, 0.717) is 12.4 Å². The van der Waals surface area contributed by atoms with Gasteiger partial charge in [-0.1, -0.05) is 12.1 Å². The smallest absolute Gasteiger partial charge is 0.244 e. The van der Waals surface area contributed by atoms with Crippen LogP contribution < -0.4 is 10.2 Å². The van der Waals surface area contributed by atoms with Crippen molar-refractivity contribution in [2.75, 3.05) is 19.0 Å². The molecule has 0 aliphatic carbocycles. The largest absolute Gasteiger partial charge is 0.378 e. The quantitative estimate of drug-likeness (QED) is 0.801. The molecule has 1 aromatic carbocycles. The first kappa shape index (κ1) is 13.8. The average Bonchev–Trinajstić information content (AvgIpc) is 2.96. The van der Waals surface area contributed by atoms with Gasteiger partial charge in [0.05, 0.1) is 6.54 Å². The van der Waals surface area contributed by atoms with Crippen LogP contribution in [0.15, 0.2) is 36.7 Å². The summed E-state index contributed by atoms with van der Waals surface area (Å²) < 4.78 is 0. The van der Waals surface area contributed by atoms with Gasteiger partial charge in [-0.25, -0.2) is 4.98 Å². The summed E-state index contributed by atoms with van der Waals surface area (Å²) >= 11 is 0. The molecule has 0 atom stereocenters. The number of carbonyl (C=O) groups is 1. The van der Waals surface area contributed by atoms with Crippen molar-refractivity contribution in [3.8, 4) is 0 Å². The van der Waals surface area contributed by atoms with E-state index >= 15 is 0 Å². The van der Waals surface area contributed by atoms with E-state index in [9.17, 15) is 4.79 Å². The zero-order valence-corrected chi connectivity index (χ0v) is 11.5. The molecular formula is C14H17N5O. The molecule has 0 bridgehead atoms. The number of amides is 1. The molecule has 0 fully saturated rings. The normalized spacial score (nSPS) is 10.7. The summed E-state index contributed by atoms with van der Waals surface area (Å²) in [5.74, 6) is 0.458. The van der Waals surface area contributed by atoms with Crippen molar-refractivity contribution in [2.24, 2.45) is 0 Å². The fraction of sp³-hybridized carbons (Fsp3) is 0.214. The van der Waals surface area contributed by atoms with Crippen LogP contribution in [0.5, 0.6) is 0 Å². The van der Waals surface area contributed by atoms with E-state index in [4.69, 9.17) is 0 Å². The lowest BCUT2D eigenvalue weighted by Gasteiger charge is -2.11. The molecule has 0 aliphatic heterocycles. The predicted molar refractivity (Wildman–Crippen MR) is 78.0 cm³/mol. The second-order valence-electron chi connectivity index (χ2n) is 4.47. The zero-order valence-electron chi connectivity index (χ0n) is 11.5. The molecule has 20 heavy (non-hydrogen) atoms. The highest BCUT2D eigenvalue weighted by molar-refractivity contribution is 5.91. The third-order valence-electron chi connectivity index (χ3n) is 2.73. The Bertz CT molecular complexity index is 572. The van der Waals surface area contributed by atoms with E-state index in [-0.39, 0.29) is 5.91 Å². The third-order valence-corrected chi connectivity index (χ3v) is 2.73. The topological polar surface area (TPSA) is 73.9 Å². The number of H-pyrrole nitrogens is 1. The Morgan fingerprint density at radius 1 is 1.35 bits per heavy atom. The molecular weight excluding hydrogens is 254 g/mol. The molecule has 0 saturated heterocycles. The molecule has 2 aromatic rings. The second kappa shape index (κ2) is 6.51. The highest BCUT2D eigenvalue weighted by Crippen LogP contribution is 2.12. The molecule has 104 valence electrons. The van der Waals surface area contributed by atoms with E-state index in [1.54, 1.807) is 6.08 Å². The van der Waals surface area contributed by atoms with E-state index in [2.05, 4.69) is 20.5 Å². The molecule has 2 rings (SSSR count). The Hall–Kier alpha value is -2.63. The van der Waals surface area contributed by atoms with Crippen LogP contribution in [0.3, 0.4) is 0 Å². The van der Waals surface area contributed by atoms with Gasteiger partial charge in [0.25, 0.3) is 0 Å². The monoisotopic (exact) mass is 271 g/mol. The number of aromatic nitrogens is 3. The Balaban J connectivity index is 1.86. The number of nitrogens with zero attached hydrogens (tertiary/aromatic N) is 3. The van der Waals surface area contributed by atoms with Crippen LogP contribution in [-0.2, 0) is 11.3 Å². The Morgan fingerprint density at radius 3 is 2.70 bits per heavy atom. The summed E-state index contributed by atoms with van der Waals surface area (Å²) in [5.41, 5.74) is 2.10. The molecule has 0 saturated carbocycles. The summed E-state index contributed by atoms with van der Waals surface area (Å²) in [4.78, 5) is 17.6. The highest BCUT2D eigenvalue weighted by atomic mass is 16.1. The summed E-state index contributed by atoms with van der Waals surface area (Å²) in [6, 6.07) is 7.95. The summed E-state index contributed by atoms with van der Waals surface area (Å²) in [6.07, 6.45) is 4.68. The van der Waals surface area contributed by atoms with Gasteiger partial charge < -0.3 is 10.2 Å². The second-order valence-corrected chi connectivity index (χ2v) is 4.47. The van der Waals surface area contributed by atoms with Crippen molar-refractivity contribution < 1.29 is 4.79 Å². The number of rotatable bonds is 5. The van der Waals surface area contributed by atoms with E-state index in [0.717, 1.165) is 11.3 Å². The number of carbonyl (C=O) groups excluding carboxylic acids is 1. The van der Waals surface area contributed by atoms with Crippen molar-refractivity contribution in [2.45, 2.75) is 6.54 Å². The summed E-state index contributed by atoms with van der Waals surface area (Å²) in [6.45, 7) is 0.336. The van der Waals surface area contributed by atoms with Crippen LogP contribution in [-0.4, -0.2) is 35.2 Å². The molecule has 1 aromatic heterocycles. The number of aromatic amines is 1. The first-order chi connectivity index (χ1) is 9.65. The molecule has 6 heteroatoms. The van der Waals surface area contributed by atoms with Gasteiger partial charge in [0, 0.05) is 25.9 Å². The van der Waals surface area contributed by atoms with Crippen LogP contribution in [0, 0.1) is 0 Å². The van der Waals surface area contributed by atoms with Crippen LogP contribution in [0.25, 0.3) is 6.08 Å². The van der Waals surface area contributed by atoms with Gasteiger partial charge in [-0.05, 0) is 23.8 Å². The molecule has 1 heterocycles. The minimum Gasteiger partial charge on any atom is -0.378 e. The lowest BCUT2D eigenvalue weighted by atomic mass is 10.2. The van der Waals surface area contributed by atoms with Crippen LogP contribution in [0.1, 0.15) is 11.4 Å². The van der Waals surface area contributed by atoms with Crippen molar-refractivity contribution in [1.82, 2.24) is 20.5 Å². The number of nitrogens with one attached hydrogen (secondary N) is 2. The molecule has 0 radical (unpaired) electrons. The summed E-state index contributed by atoms with van der Waals surface area (Å²) in [5, 5.41) is 9.10. The fourth-order valence-corrected chi connectivity index (χ4v) is 1.60. The molecule has 6 nitrogen and oxygen atoms in total. The first-order valence-corrected chi connectivity index (χ1v) is 6.22. The van der Waals surface area contributed by atoms with Gasteiger partial charge in [-0.15, -0.1) is 0 Å². The predicted octanol–water partition coefficient (Wildman–Crippen LogP) is 1.20. The van der Waals surface area contributed by atoms with Crippen molar-refractivity contribution in [3.05, 3.63) is 48.1 Å². The maximum atomic E-state index is 11.6. The van der Waals surface area contributed by atoms with Crippen molar-refractivity contribution in [3.63, 3.8) is 0 Å². The van der Waals surface area contributed by atoms with Crippen molar-refractivity contribution >= 4 is 17.7 Å². The molecule has 0 aliphatic rings. The average molecular weight is 271 g/mol. The Morgan fingerprint density at radius 2 is 2.10 bits per heavy atom. The lowest BCUT2D eigenvalue weighted by molar-refractivity contribution is -0.116. The van der Waals surface area contributed by atoms with Crippen LogP contribution >= 0.6 is 0 Å². The van der Waals surface area contributed by atoms with Gasteiger partial charge in [0.2, 0.25) is 5.91 Å². The molecule has 1 amide bonds. The van der Waals surface area contributed by atoms with E-state index < -0.39 is 0 Å². The maximum absolute atomic E-state index is 11.6. The van der Waals surface area contributed by atoms with Crippen LogP contribution in [0.2, 0.25) is 0 Å². The third kappa shape index (κ3) is 3.94. The molecule has 0 unspecified atom stereocenters. The molecule has 0 spiro atoms. The van der Waals surface area contributed by atoms with Gasteiger partial charge >= 0.3 is 0 Å². The Labute approximate surface area is 117 Å². The lowest BCUT2D eigenvalue weighted by Crippen LogP contribution is -2.20. The standard InChI is InChI=1S/C14H17N5O/c1-19(2)12-6-3-11(4-7-12)5-8-14(20)15-9-13-16-10-17-18-13/h3-8,10H,9H2,1-2H3,(H,15,20)(H,16,17,18)/b8-5+. The minimum absolute atomic E-state index is 0.168. The van der Waals surface area contributed by atoms with Gasteiger partial charge in [-0.3, -0.25) is 9.89 Å². The maximum Gasteiger partial charge on any atom is 0.244 e. The highest BCUT2D eigenvalue weighted by Gasteiger charge is 1.99.